The SMILES string of the molecule is COc1ccc(CC(C(=O)N2CCCC2C(=O)NCc2ccc3c(N)nccc3c2)N(CC(=O)O)C(=O)OC(C)(C)C)cc1. The third-order valence-electron chi connectivity index (χ3n) is 7.35. The summed E-state index contributed by atoms with van der Waals surface area (Å²) in [6.45, 7) is 4.74. The number of likely N-dealkylation sites (tertiary alicyclic amines) is 1. The molecular weight excluding hydrogens is 566 g/mol. The highest BCUT2D eigenvalue weighted by Gasteiger charge is 2.42. The molecule has 1 aliphatic heterocycles. The lowest BCUT2D eigenvalue weighted by atomic mass is 10.0. The number of carbonyl (C=O) groups is 4. The van der Waals surface area contributed by atoms with Crippen molar-refractivity contribution in [3.63, 3.8) is 0 Å². The zero-order valence-corrected chi connectivity index (χ0v) is 25.4. The summed E-state index contributed by atoms with van der Waals surface area (Å²) in [5.41, 5.74) is 6.55. The van der Waals surface area contributed by atoms with Gasteiger partial charge in [-0.15, -0.1) is 0 Å². The Bertz CT molecular complexity index is 1520. The largest absolute Gasteiger partial charge is 0.497 e. The number of ether oxygens (including phenoxy) is 2. The zero-order chi connectivity index (χ0) is 32.0. The van der Waals surface area contributed by atoms with Gasteiger partial charge in [0.05, 0.1) is 7.11 Å². The maximum Gasteiger partial charge on any atom is 0.411 e. The molecule has 12 heteroatoms. The molecule has 2 heterocycles. The maximum absolute atomic E-state index is 14.2. The monoisotopic (exact) mass is 605 g/mol. The number of fused-ring (bicyclic) bond motifs is 1. The third kappa shape index (κ3) is 7.94. The highest BCUT2D eigenvalue weighted by Crippen LogP contribution is 2.25. The molecule has 1 fully saturated rings. The van der Waals surface area contributed by atoms with Crippen molar-refractivity contribution in [3.05, 3.63) is 65.9 Å². The Morgan fingerprint density at radius 3 is 2.48 bits per heavy atom. The van der Waals surface area contributed by atoms with E-state index in [-0.39, 0.29) is 25.4 Å². The highest BCUT2D eigenvalue weighted by atomic mass is 16.6. The second-order valence-electron chi connectivity index (χ2n) is 11.7. The Hall–Kier alpha value is -4.87. The van der Waals surface area contributed by atoms with Gasteiger partial charge in [-0.2, -0.15) is 0 Å². The number of carboxylic acid groups (broad SMARTS) is 1. The van der Waals surface area contributed by atoms with Gasteiger partial charge in [0.25, 0.3) is 0 Å². The van der Waals surface area contributed by atoms with Gasteiger partial charge in [0.1, 0.15) is 35.8 Å². The lowest BCUT2D eigenvalue weighted by Gasteiger charge is -2.35. The van der Waals surface area contributed by atoms with Gasteiger partial charge in [-0.05, 0) is 74.4 Å². The first kappa shape index (κ1) is 32.1. The number of hydrogen-bond acceptors (Lipinski definition) is 8. The van der Waals surface area contributed by atoms with E-state index in [4.69, 9.17) is 15.2 Å². The Morgan fingerprint density at radius 2 is 1.82 bits per heavy atom. The maximum atomic E-state index is 14.2. The predicted octanol–water partition coefficient (Wildman–Crippen LogP) is 3.37. The fraction of sp³-hybridized carbons (Fsp3) is 0.406. The molecule has 0 aliphatic carbocycles. The second kappa shape index (κ2) is 13.6. The van der Waals surface area contributed by atoms with Gasteiger partial charge in [-0.1, -0.05) is 24.3 Å². The molecule has 2 aromatic carbocycles. The number of nitrogens with two attached hydrogens (primary N) is 1. The molecule has 0 bridgehead atoms. The Morgan fingerprint density at radius 1 is 1.11 bits per heavy atom. The first-order valence-electron chi connectivity index (χ1n) is 14.4. The molecule has 2 atom stereocenters. The van der Waals surface area contributed by atoms with Crippen molar-refractivity contribution in [1.29, 1.82) is 0 Å². The summed E-state index contributed by atoms with van der Waals surface area (Å²) in [6.07, 6.45) is 1.70. The van der Waals surface area contributed by atoms with E-state index in [0.29, 0.717) is 30.0 Å². The number of aromatic nitrogens is 1. The van der Waals surface area contributed by atoms with Crippen molar-refractivity contribution in [3.8, 4) is 5.75 Å². The van der Waals surface area contributed by atoms with Gasteiger partial charge in [-0.25, -0.2) is 9.78 Å². The molecule has 4 N–H and O–H groups in total. The summed E-state index contributed by atoms with van der Waals surface area (Å²) < 4.78 is 10.7. The van der Waals surface area contributed by atoms with Crippen molar-refractivity contribution < 1.29 is 33.8 Å². The predicted molar refractivity (Wildman–Crippen MR) is 164 cm³/mol. The van der Waals surface area contributed by atoms with E-state index in [1.54, 1.807) is 51.2 Å². The number of amides is 3. The molecular formula is C32H39N5O7. The van der Waals surface area contributed by atoms with Gasteiger partial charge in [0, 0.05) is 31.1 Å². The normalized spacial score (nSPS) is 15.5. The first-order chi connectivity index (χ1) is 20.9. The van der Waals surface area contributed by atoms with Crippen LogP contribution in [0.4, 0.5) is 10.6 Å². The minimum Gasteiger partial charge on any atom is -0.497 e. The molecule has 4 rings (SSSR count). The van der Waals surface area contributed by atoms with Crippen molar-refractivity contribution in [2.24, 2.45) is 0 Å². The molecule has 0 saturated carbocycles. The van der Waals surface area contributed by atoms with Crippen molar-refractivity contribution in [1.82, 2.24) is 20.1 Å². The molecule has 1 saturated heterocycles. The number of benzene rings is 2. The molecule has 0 spiro atoms. The first-order valence-corrected chi connectivity index (χ1v) is 14.4. The van der Waals surface area contributed by atoms with Crippen molar-refractivity contribution in [2.75, 3.05) is 25.9 Å². The van der Waals surface area contributed by atoms with E-state index >= 15 is 0 Å². The van der Waals surface area contributed by atoms with Crippen LogP contribution in [-0.2, 0) is 32.1 Å². The Balaban J connectivity index is 1.57. The van der Waals surface area contributed by atoms with Crippen LogP contribution in [0.3, 0.4) is 0 Å². The Labute approximate surface area is 256 Å². The number of hydrogen-bond donors (Lipinski definition) is 3. The Kier molecular flexibility index (Phi) is 9.92. The molecule has 3 aromatic rings. The number of anilines is 1. The smallest absolute Gasteiger partial charge is 0.411 e. The molecule has 3 amide bonds. The van der Waals surface area contributed by atoms with E-state index < -0.39 is 42.2 Å². The third-order valence-corrected chi connectivity index (χ3v) is 7.35. The highest BCUT2D eigenvalue weighted by molar-refractivity contribution is 5.93. The fourth-order valence-electron chi connectivity index (χ4n) is 5.25. The molecule has 1 aliphatic rings. The van der Waals surface area contributed by atoms with E-state index in [2.05, 4.69) is 10.3 Å². The van der Waals surface area contributed by atoms with Crippen LogP contribution in [0, 0.1) is 0 Å². The summed E-state index contributed by atoms with van der Waals surface area (Å²) in [7, 11) is 1.53. The van der Waals surface area contributed by atoms with Gasteiger partial charge < -0.3 is 30.5 Å². The van der Waals surface area contributed by atoms with E-state index in [0.717, 1.165) is 21.2 Å². The summed E-state index contributed by atoms with van der Waals surface area (Å²) in [6, 6.07) is 12.4. The van der Waals surface area contributed by atoms with Crippen LogP contribution in [-0.4, -0.2) is 81.7 Å². The van der Waals surface area contributed by atoms with Crippen LogP contribution >= 0.6 is 0 Å². The van der Waals surface area contributed by atoms with Crippen LogP contribution in [0.1, 0.15) is 44.7 Å². The minimum atomic E-state index is -1.30. The molecule has 12 nitrogen and oxygen atoms in total. The van der Waals surface area contributed by atoms with E-state index in [9.17, 15) is 24.3 Å². The molecule has 44 heavy (non-hydrogen) atoms. The van der Waals surface area contributed by atoms with Gasteiger partial charge in [0.15, 0.2) is 0 Å². The number of rotatable bonds is 10. The van der Waals surface area contributed by atoms with Gasteiger partial charge >= 0.3 is 12.1 Å². The lowest BCUT2D eigenvalue weighted by Crippen LogP contribution is -2.57. The standard InChI is InChI=1S/C32H39N5O7/c1-32(2,3)44-31(42)37(19-27(38)39)26(17-20-7-10-23(43-4)11-8-20)30(41)36-15-5-6-25(36)29(40)35-18-21-9-12-24-22(16-21)13-14-34-28(24)33/h7-14,16,25-26H,5-6,15,17-19H2,1-4H3,(H2,33,34)(H,35,40)(H,38,39). The number of aliphatic carboxylic acids is 1. The number of nitrogens with one attached hydrogen (secondary N) is 1. The van der Waals surface area contributed by atoms with Gasteiger partial charge in [-0.3, -0.25) is 19.3 Å². The van der Waals surface area contributed by atoms with Crippen LogP contribution in [0.5, 0.6) is 5.75 Å². The minimum absolute atomic E-state index is 0.00919. The molecule has 234 valence electrons. The molecule has 0 radical (unpaired) electrons. The average molecular weight is 606 g/mol. The lowest BCUT2D eigenvalue weighted by molar-refractivity contribution is -0.145. The molecule has 2 unspecified atom stereocenters. The summed E-state index contributed by atoms with van der Waals surface area (Å²) >= 11 is 0. The van der Waals surface area contributed by atoms with Crippen molar-refractivity contribution in [2.45, 2.75) is 64.3 Å². The topological polar surface area (TPSA) is 164 Å². The van der Waals surface area contributed by atoms with Crippen molar-refractivity contribution >= 4 is 40.5 Å². The molecule has 1 aromatic heterocycles. The number of nitrogen functional groups attached to an aromatic ring is 1. The van der Waals surface area contributed by atoms with Crippen LogP contribution < -0.4 is 15.8 Å². The summed E-state index contributed by atoms with van der Waals surface area (Å²) in [4.78, 5) is 59.3. The summed E-state index contributed by atoms with van der Waals surface area (Å²) in [5.74, 6) is -1.14. The van der Waals surface area contributed by atoms with Crippen LogP contribution in [0.15, 0.2) is 54.7 Å². The average Bonchev–Trinajstić information content (AvgIpc) is 3.47. The van der Waals surface area contributed by atoms with Crippen LogP contribution in [0.25, 0.3) is 10.8 Å². The summed E-state index contributed by atoms with van der Waals surface area (Å²) in [5, 5.41) is 14.3. The zero-order valence-electron chi connectivity index (χ0n) is 25.4. The quantitative estimate of drug-likeness (QED) is 0.314. The second-order valence-corrected chi connectivity index (χ2v) is 11.7. The number of carboxylic acids is 1. The van der Waals surface area contributed by atoms with E-state index in [1.807, 2.05) is 24.3 Å². The number of nitrogens with zero attached hydrogens (tertiary/aromatic N) is 3. The number of carbonyl (C=O) groups excluding carboxylic acids is 3. The van der Waals surface area contributed by atoms with Crippen LogP contribution in [0.2, 0.25) is 0 Å². The number of pyridine rings is 1. The van der Waals surface area contributed by atoms with Gasteiger partial charge in [0.2, 0.25) is 11.8 Å². The number of methoxy groups -OCH3 is 1. The van der Waals surface area contributed by atoms with E-state index in [1.165, 1.54) is 12.0 Å². The fourth-order valence-corrected chi connectivity index (χ4v) is 5.25.